The van der Waals surface area contributed by atoms with Crippen LogP contribution in [0.5, 0.6) is 5.75 Å². The van der Waals surface area contributed by atoms with Crippen molar-refractivity contribution in [2.45, 2.75) is 75.9 Å². The van der Waals surface area contributed by atoms with Crippen LogP contribution in [0.15, 0.2) is 71.6 Å². The van der Waals surface area contributed by atoms with Gasteiger partial charge in [-0.05, 0) is 86.8 Å². The molecule has 0 aliphatic heterocycles. The molecule has 0 aromatic heterocycles. The van der Waals surface area contributed by atoms with Gasteiger partial charge in [0.2, 0.25) is 11.8 Å². The summed E-state index contributed by atoms with van der Waals surface area (Å²) in [5.74, 6) is -1.05. The van der Waals surface area contributed by atoms with Crippen LogP contribution >= 0.6 is 23.2 Å². The quantitative estimate of drug-likeness (QED) is 0.211. The maximum atomic E-state index is 14.3. The fourth-order valence-electron chi connectivity index (χ4n) is 5.46. The van der Waals surface area contributed by atoms with E-state index in [9.17, 15) is 22.4 Å². The second kappa shape index (κ2) is 15.8. The second-order valence-corrected chi connectivity index (χ2v) is 13.6. The van der Waals surface area contributed by atoms with Gasteiger partial charge in [0.05, 0.1) is 17.2 Å². The summed E-state index contributed by atoms with van der Waals surface area (Å²) in [4.78, 5) is 29.2. The fourth-order valence-corrected chi connectivity index (χ4v) is 7.39. The van der Waals surface area contributed by atoms with E-state index in [0.29, 0.717) is 28.0 Å². The van der Waals surface area contributed by atoms with Crippen molar-refractivity contribution in [1.82, 2.24) is 10.2 Å². The number of anilines is 1. The highest BCUT2D eigenvalue weighted by atomic mass is 35.5. The molecule has 1 fully saturated rings. The van der Waals surface area contributed by atoms with Crippen LogP contribution in [0, 0.1) is 5.82 Å². The molecule has 4 rings (SSSR count). The number of carbonyl (C=O) groups excluding carboxylic acids is 2. The van der Waals surface area contributed by atoms with Crippen molar-refractivity contribution in [3.05, 3.63) is 88.2 Å². The van der Waals surface area contributed by atoms with E-state index >= 15 is 0 Å². The van der Waals surface area contributed by atoms with Crippen LogP contribution in [0.2, 0.25) is 10.0 Å². The monoisotopic (exact) mass is 677 g/mol. The normalized spacial score (nSPS) is 14.4. The number of nitrogens with zero attached hydrogens (tertiary/aromatic N) is 2. The molecular formula is C33H38Cl2FN3O5S. The van der Waals surface area contributed by atoms with E-state index in [0.717, 1.165) is 60.7 Å². The molecule has 242 valence electrons. The zero-order chi connectivity index (χ0) is 32.6. The van der Waals surface area contributed by atoms with Crippen molar-refractivity contribution in [3.8, 4) is 5.75 Å². The summed E-state index contributed by atoms with van der Waals surface area (Å²) in [5.41, 5.74) is 0.624. The molecule has 0 saturated heterocycles. The Balaban J connectivity index is 1.74. The molecule has 1 atom stereocenters. The van der Waals surface area contributed by atoms with Crippen molar-refractivity contribution < 1.29 is 27.1 Å². The molecule has 3 aromatic rings. The first kappa shape index (κ1) is 34.5. The standard InChI is InChI=1S/C33H38Cl2FN3O5S/c1-3-31(33(41)37-24-9-6-5-7-10-24)38(21-28-29(34)11-8-12-30(28)35)32(40)22-39(25-15-17-26(18-16-25)44-4-2)45(42,43)27-19-13-23(36)14-20-27/h8,11-20,24,31H,3-7,9-10,21-22H2,1-2H3,(H,37,41). The van der Waals surface area contributed by atoms with Crippen LogP contribution < -0.4 is 14.4 Å². The summed E-state index contributed by atoms with van der Waals surface area (Å²) in [5, 5.41) is 3.73. The average molecular weight is 679 g/mol. The van der Waals surface area contributed by atoms with Gasteiger partial charge in [-0.2, -0.15) is 0 Å². The van der Waals surface area contributed by atoms with Crippen LogP contribution in [-0.2, 0) is 26.2 Å². The lowest BCUT2D eigenvalue weighted by molar-refractivity contribution is -0.140. The summed E-state index contributed by atoms with van der Waals surface area (Å²) in [6, 6.07) is 14.7. The number of ether oxygens (including phenoxy) is 1. The van der Waals surface area contributed by atoms with Gasteiger partial charge in [0.1, 0.15) is 24.2 Å². The summed E-state index contributed by atoms with van der Waals surface area (Å²) in [6.07, 6.45) is 5.11. The third kappa shape index (κ3) is 8.68. The topological polar surface area (TPSA) is 96.0 Å². The molecule has 1 unspecified atom stereocenters. The Kier molecular flexibility index (Phi) is 12.1. The van der Waals surface area contributed by atoms with Gasteiger partial charge in [-0.1, -0.05) is 55.5 Å². The molecular weight excluding hydrogens is 640 g/mol. The van der Waals surface area contributed by atoms with Crippen LogP contribution in [0.4, 0.5) is 10.1 Å². The van der Waals surface area contributed by atoms with Crippen molar-refractivity contribution >= 4 is 50.7 Å². The predicted octanol–water partition coefficient (Wildman–Crippen LogP) is 6.98. The Hall–Kier alpha value is -3.34. The molecule has 8 nitrogen and oxygen atoms in total. The number of carbonyl (C=O) groups is 2. The molecule has 1 aliphatic rings. The minimum absolute atomic E-state index is 0.000333. The number of amides is 2. The van der Waals surface area contributed by atoms with E-state index in [1.165, 1.54) is 17.0 Å². The lowest BCUT2D eigenvalue weighted by Crippen LogP contribution is -2.54. The number of rotatable bonds is 13. The highest BCUT2D eigenvalue weighted by molar-refractivity contribution is 7.92. The Morgan fingerprint density at radius 3 is 2.16 bits per heavy atom. The van der Waals surface area contributed by atoms with Crippen molar-refractivity contribution in [2.24, 2.45) is 0 Å². The van der Waals surface area contributed by atoms with Gasteiger partial charge in [0, 0.05) is 28.2 Å². The lowest BCUT2D eigenvalue weighted by Gasteiger charge is -2.34. The first-order chi connectivity index (χ1) is 21.5. The Bertz CT molecular complexity index is 1550. The maximum absolute atomic E-state index is 14.3. The largest absolute Gasteiger partial charge is 0.494 e. The van der Waals surface area contributed by atoms with E-state index in [1.807, 2.05) is 6.92 Å². The molecule has 1 saturated carbocycles. The number of hydrogen-bond donors (Lipinski definition) is 1. The van der Waals surface area contributed by atoms with Gasteiger partial charge in [-0.3, -0.25) is 13.9 Å². The Morgan fingerprint density at radius 1 is 0.956 bits per heavy atom. The lowest BCUT2D eigenvalue weighted by atomic mass is 9.95. The zero-order valence-corrected chi connectivity index (χ0v) is 27.7. The smallest absolute Gasteiger partial charge is 0.264 e. The van der Waals surface area contributed by atoms with Crippen LogP contribution in [-0.4, -0.2) is 50.4 Å². The number of hydrogen-bond acceptors (Lipinski definition) is 5. The number of nitrogens with one attached hydrogen (secondary N) is 1. The Labute approximate surface area is 274 Å². The molecule has 0 spiro atoms. The zero-order valence-electron chi connectivity index (χ0n) is 25.3. The highest BCUT2D eigenvalue weighted by Crippen LogP contribution is 2.30. The van der Waals surface area contributed by atoms with Crippen molar-refractivity contribution in [1.29, 1.82) is 0 Å². The molecule has 3 aromatic carbocycles. The van der Waals surface area contributed by atoms with Gasteiger partial charge in [-0.25, -0.2) is 12.8 Å². The summed E-state index contributed by atoms with van der Waals surface area (Å²) in [6.45, 7) is 3.26. The molecule has 1 aliphatic carbocycles. The molecule has 0 heterocycles. The van der Waals surface area contributed by atoms with Gasteiger partial charge in [-0.15, -0.1) is 0 Å². The van der Waals surface area contributed by atoms with E-state index in [4.69, 9.17) is 27.9 Å². The third-order valence-electron chi connectivity index (χ3n) is 7.84. The van der Waals surface area contributed by atoms with Gasteiger partial charge in [0.25, 0.3) is 10.0 Å². The Morgan fingerprint density at radius 2 is 1.58 bits per heavy atom. The van der Waals surface area contributed by atoms with Gasteiger partial charge in [0.15, 0.2) is 0 Å². The van der Waals surface area contributed by atoms with E-state index < -0.39 is 34.3 Å². The molecule has 45 heavy (non-hydrogen) atoms. The first-order valence-electron chi connectivity index (χ1n) is 15.1. The molecule has 0 bridgehead atoms. The third-order valence-corrected chi connectivity index (χ3v) is 10.3. The van der Waals surface area contributed by atoms with E-state index in [-0.39, 0.29) is 35.5 Å². The van der Waals surface area contributed by atoms with E-state index in [1.54, 1.807) is 37.3 Å². The summed E-state index contributed by atoms with van der Waals surface area (Å²) >= 11 is 13.0. The molecule has 0 radical (unpaired) electrons. The first-order valence-corrected chi connectivity index (χ1v) is 17.3. The number of halogens is 3. The van der Waals surface area contributed by atoms with Crippen molar-refractivity contribution in [2.75, 3.05) is 17.5 Å². The molecule has 12 heteroatoms. The van der Waals surface area contributed by atoms with Crippen LogP contribution in [0.3, 0.4) is 0 Å². The fraction of sp³-hybridized carbons (Fsp3) is 0.394. The maximum Gasteiger partial charge on any atom is 0.264 e. The SMILES string of the molecule is CCOc1ccc(N(CC(=O)N(Cc2c(Cl)cccc2Cl)C(CC)C(=O)NC2CCCCC2)S(=O)(=O)c2ccc(F)cc2)cc1. The summed E-state index contributed by atoms with van der Waals surface area (Å²) in [7, 11) is -4.36. The molecule has 2 amide bonds. The summed E-state index contributed by atoms with van der Waals surface area (Å²) < 4.78 is 48.2. The van der Waals surface area contributed by atoms with Crippen LogP contribution in [0.1, 0.15) is 57.9 Å². The molecule has 1 N–H and O–H groups in total. The minimum atomic E-state index is -4.36. The average Bonchev–Trinajstić information content (AvgIpc) is 3.02. The van der Waals surface area contributed by atoms with Crippen molar-refractivity contribution in [3.63, 3.8) is 0 Å². The van der Waals surface area contributed by atoms with Gasteiger partial charge < -0.3 is 15.0 Å². The van der Waals surface area contributed by atoms with Crippen LogP contribution in [0.25, 0.3) is 0 Å². The highest BCUT2D eigenvalue weighted by Gasteiger charge is 2.35. The van der Waals surface area contributed by atoms with Gasteiger partial charge >= 0.3 is 0 Å². The second-order valence-electron chi connectivity index (χ2n) is 10.9. The number of sulfonamides is 1. The number of benzene rings is 3. The van der Waals surface area contributed by atoms with E-state index in [2.05, 4.69) is 5.32 Å². The predicted molar refractivity (Wildman–Crippen MR) is 175 cm³/mol. The minimum Gasteiger partial charge on any atom is -0.494 e.